The molecule has 0 saturated carbocycles. The molecule has 2 aromatic rings. The lowest BCUT2D eigenvalue weighted by Gasteiger charge is -2.14. The number of fused-ring (bicyclic) bond motifs is 1. The smallest absolute Gasteiger partial charge is 0.306 e. The summed E-state index contributed by atoms with van der Waals surface area (Å²) in [6, 6.07) is 12.6. The van der Waals surface area contributed by atoms with Gasteiger partial charge in [-0.2, -0.15) is 0 Å². The molecule has 30 heavy (non-hydrogen) atoms. The molecule has 8 heteroatoms. The standard InChI is InChI=1S/C22H25NO7/c1-15(22(25)23-13-16-5-10-19-20(12-16)29-14-28-19)30-21(24)4-3-11-27-18-8-6-17(26-2)7-9-18/h5-10,12,15H,3-4,11,13-14H2,1-2H3,(H,23,25)/t15-/m0/s1. The van der Waals surface area contributed by atoms with Crippen LogP contribution in [0.5, 0.6) is 23.0 Å². The second-order valence-electron chi connectivity index (χ2n) is 6.67. The molecule has 0 fully saturated rings. The van der Waals surface area contributed by atoms with Gasteiger partial charge in [0.1, 0.15) is 11.5 Å². The first-order valence-electron chi connectivity index (χ1n) is 9.67. The molecule has 0 aliphatic carbocycles. The highest BCUT2D eigenvalue weighted by atomic mass is 16.7. The van der Waals surface area contributed by atoms with Crippen molar-refractivity contribution in [2.75, 3.05) is 20.5 Å². The molecule has 8 nitrogen and oxygen atoms in total. The van der Waals surface area contributed by atoms with Crippen molar-refractivity contribution >= 4 is 11.9 Å². The Morgan fingerprint density at radius 1 is 1.07 bits per heavy atom. The van der Waals surface area contributed by atoms with Crippen molar-refractivity contribution in [2.45, 2.75) is 32.4 Å². The maximum Gasteiger partial charge on any atom is 0.306 e. The summed E-state index contributed by atoms with van der Waals surface area (Å²) >= 11 is 0. The third-order valence-corrected chi connectivity index (χ3v) is 4.43. The quantitative estimate of drug-likeness (QED) is 0.471. The Balaban J connectivity index is 1.32. The molecule has 1 atom stereocenters. The second kappa shape index (κ2) is 10.4. The molecule has 2 aromatic carbocycles. The number of esters is 1. The Morgan fingerprint density at radius 3 is 2.57 bits per heavy atom. The molecule has 0 saturated heterocycles. The Bertz CT molecular complexity index is 866. The van der Waals surface area contributed by atoms with Crippen molar-refractivity contribution in [1.29, 1.82) is 0 Å². The van der Waals surface area contributed by atoms with E-state index >= 15 is 0 Å². The molecule has 1 aliphatic heterocycles. The van der Waals surface area contributed by atoms with Gasteiger partial charge in [0.05, 0.1) is 13.7 Å². The predicted octanol–water partition coefficient (Wildman–Crippen LogP) is 2.83. The average Bonchev–Trinajstić information content (AvgIpc) is 3.23. The molecular formula is C22H25NO7. The van der Waals surface area contributed by atoms with Crippen LogP contribution in [0.3, 0.4) is 0 Å². The molecule has 0 bridgehead atoms. The number of methoxy groups -OCH3 is 1. The van der Waals surface area contributed by atoms with E-state index in [0.717, 1.165) is 11.3 Å². The van der Waals surface area contributed by atoms with Gasteiger partial charge in [-0.3, -0.25) is 9.59 Å². The summed E-state index contributed by atoms with van der Waals surface area (Å²) in [7, 11) is 1.60. The van der Waals surface area contributed by atoms with Gasteiger partial charge in [-0.25, -0.2) is 0 Å². The highest BCUT2D eigenvalue weighted by molar-refractivity contribution is 5.83. The minimum atomic E-state index is -0.881. The van der Waals surface area contributed by atoms with Crippen LogP contribution in [0.1, 0.15) is 25.3 Å². The fraction of sp³-hybridized carbons (Fsp3) is 0.364. The number of nitrogens with one attached hydrogen (secondary N) is 1. The molecule has 160 valence electrons. The van der Waals surface area contributed by atoms with Gasteiger partial charge in [0.15, 0.2) is 17.6 Å². The molecule has 1 aliphatic rings. The minimum Gasteiger partial charge on any atom is -0.497 e. The first-order valence-corrected chi connectivity index (χ1v) is 9.67. The van der Waals surface area contributed by atoms with Crippen molar-refractivity contribution in [3.63, 3.8) is 0 Å². The summed E-state index contributed by atoms with van der Waals surface area (Å²) in [4.78, 5) is 24.1. The van der Waals surface area contributed by atoms with Gasteiger partial charge in [-0.15, -0.1) is 0 Å². The van der Waals surface area contributed by atoms with E-state index in [1.54, 1.807) is 44.4 Å². The maximum atomic E-state index is 12.2. The van der Waals surface area contributed by atoms with Gasteiger partial charge in [-0.05, 0) is 55.3 Å². The van der Waals surface area contributed by atoms with Gasteiger partial charge in [0.25, 0.3) is 5.91 Å². The maximum absolute atomic E-state index is 12.2. The Morgan fingerprint density at radius 2 is 1.80 bits per heavy atom. The van der Waals surface area contributed by atoms with E-state index in [9.17, 15) is 9.59 Å². The molecule has 1 N–H and O–H groups in total. The van der Waals surface area contributed by atoms with Crippen molar-refractivity contribution in [2.24, 2.45) is 0 Å². The largest absolute Gasteiger partial charge is 0.497 e. The molecule has 0 aromatic heterocycles. The number of amides is 1. The lowest BCUT2D eigenvalue weighted by molar-refractivity contribution is -0.155. The number of rotatable bonds is 10. The van der Waals surface area contributed by atoms with E-state index in [0.29, 0.717) is 36.8 Å². The number of benzene rings is 2. The molecule has 3 rings (SSSR count). The summed E-state index contributed by atoms with van der Waals surface area (Å²) in [6.07, 6.45) is -0.235. The topological polar surface area (TPSA) is 92.3 Å². The van der Waals surface area contributed by atoms with Crippen LogP contribution < -0.4 is 24.3 Å². The van der Waals surface area contributed by atoms with Gasteiger partial charge < -0.3 is 29.0 Å². The normalized spacial score (nSPS) is 12.7. The monoisotopic (exact) mass is 415 g/mol. The fourth-order valence-corrected chi connectivity index (χ4v) is 2.77. The highest BCUT2D eigenvalue weighted by Crippen LogP contribution is 2.32. The summed E-state index contributed by atoms with van der Waals surface area (Å²) in [5.41, 5.74) is 0.863. The van der Waals surface area contributed by atoms with E-state index in [1.807, 2.05) is 12.1 Å². The van der Waals surface area contributed by atoms with E-state index in [-0.39, 0.29) is 19.1 Å². The van der Waals surface area contributed by atoms with Crippen LogP contribution >= 0.6 is 0 Å². The van der Waals surface area contributed by atoms with Gasteiger partial charge >= 0.3 is 5.97 Å². The van der Waals surface area contributed by atoms with Gasteiger partial charge in [-0.1, -0.05) is 6.07 Å². The van der Waals surface area contributed by atoms with Crippen LogP contribution in [0.25, 0.3) is 0 Å². The summed E-state index contributed by atoms with van der Waals surface area (Å²) in [5.74, 6) is 1.97. The van der Waals surface area contributed by atoms with Crippen LogP contribution in [0.2, 0.25) is 0 Å². The molecular weight excluding hydrogens is 390 g/mol. The number of ether oxygens (including phenoxy) is 5. The fourth-order valence-electron chi connectivity index (χ4n) is 2.77. The molecule has 0 radical (unpaired) electrons. The Hall–Kier alpha value is -3.42. The van der Waals surface area contributed by atoms with E-state index in [2.05, 4.69) is 5.32 Å². The van der Waals surface area contributed by atoms with E-state index < -0.39 is 12.1 Å². The number of hydrogen-bond donors (Lipinski definition) is 1. The van der Waals surface area contributed by atoms with Crippen LogP contribution in [0, 0.1) is 0 Å². The van der Waals surface area contributed by atoms with E-state index in [4.69, 9.17) is 23.7 Å². The van der Waals surface area contributed by atoms with Crippen molar-refractivity contribution in [3.8, 4) is 23.0 Å². The molecule has 0 unspecified atom stereocenters. The zero-order valence-corrected chi connectivity index (χ0v) is 17.0. The van der Waals surface area contributed by atoms with Crippen molar-refractivity contribution in [3.05, 3.63) is 48.0 Å². The van der Waals surface area contributed by atoms with Crippen molar-refractivity contribution < 1.29 is 33.3 Å². The van der Waals surface area contributed by atoms with Crippen LogP contribution in [-0.2, 0) is 20.9 Å². The third-order valence-electron chi connectivity index (χ3n) is 4.43. The highest BCUT2D eigenvalue weighted by Gasteiger charge is 2.18. The van der Waals surface area contributed by atoms with Crippen LogP contribution in [-0.4, -0.2) is 38.5 Å². The summed E-state index contributed by atoms with van der Waals surface area (Å²) in [5, 5.41) is 2.75. The minimum absolute atomic E-state index is 0.163. The van der Waals surface area contributed by atoms with Crippen molar-refractivity contribution in [1.82, 2.24) is 5.32 Å². The molecule has 1 heterocycles. The summed E-state index contributed by atoms with van der Waals surface area (Å²) in [6.45, 7) is 2.41. The van der Waals surface area contributed by atoms with Gasteiger partial charge in [0.2, 0.25) is 6.79 Å². The average molecular weight is 415 g/mol. The number of hydrogen-bond acceptors (Lipinski definition) is 7. The predicted molar refractivity (Wildman–Crippen MR) is 108 cm³/mol. The molecule has 1 amide bonds. The number of carbonyl (C=O) groups is 2. The number of carbonyl (C=O) groups excluding carboxylic acids is 2. The lowest BCUT2D eigenvalue weighted by atomic mass is 10.2. The SMILES string of the molecule is COc1ccc(OCCCC(=O)O[C@@H](C)C(=O)NCc2ccc3c(c2)OCO3)cc1. The third kappa shape index (κ3) is 6.04. The van der Waals surface area contributed by atoms with E-state index in [1.165, 1.54) is 0 Å². The zero-order valence-electron chi connectivity index (χ0n) is 17.0. The Labute approximate surface area is 175 Å². The van der Waals surface area contributed by atoms with Crippen LogP contribution in [0.4, 0.5) is 0 Å². The lowest BCUT2D eigenvalue weighted by Crippen LogP contribution is -2.35. The first-order chi connectivity index (χ1) is 14.5. The Kier molecular flexibility index (Phi) is 7.37. The molecule has 0 spiro atoms. The zero-order chi connectivity index (χ0) is 21.3. The second-order valence-corrected chi connectivity index (χ2v) is 6.67. The van der Waals surface area contributed by atoms with Gasteiger partial charge in [0, 0.05) is 13.0 Å². The summed E-state index contributed by atoms with van der Waals surface area (Å²) < 4.78 is 26.4. The first kappa shape index (κ1) is 21.3. The van der Waals surface area contributed by atoms with Crippen LogP contribution in [0.15, 0.2) is 42.5 Å².